The highest BCUT2D eigenvalue weighted by molar-refractivity contribution is 5.69. The third kappa shape index (κ3) is 15.1. The highest BCUT2D eigenvalue weighted by atomic mass is 16.6. The van der Waals surface area contributed by atoms with Crippen LogP contribution in [0.25, 0.3) is 0 Å². The first kappa shape index (κ1) is 26.4. The standard InChI is InChI=1S/C24H49NO2/c1-4-7-8-9-10-11-12-13-14-15-16-17-18-19-20-21-23(26)27-24(5-2,6-3)22-25/h4-22,25H2,1-3H3. The first-order valence-electron chi connectivity index (χ1n) is 12.1. The maximum Gasteiger partial charge on any atom is 0.306 e. The fraction of sp³-hybridized carbons (Fsp3) is 0.958. The summed E-state index contributed by atoms with van der Waals surface area (Å²) in [7, 11) is 0. The van der Waals surface area contributed by atoms with Crippen molar-refractivity contribution >= 4 is 5.97 Å². The van der Waals surface area contributed by atoms with E-state index in [1.807, 2.05) is 13.8 Å². The maximum absolute atomic E-state index is 12.0. The van der Waals surface area contributed by atoms with Gasteiger partial charge in [0, 0.05) is 13.0 Å². The Labute approximate surface area is 170 Å². The number of unbranched alkanes of at least 4 members (excludes halogenated alkanes) is 14. The second kappa shape index (κ2) is 18.8. The van der Waals surface area contributed by atoms with E-state index in [1.54, 1.807) is 0 Å². The van der Waals surface area contributed by atoms with Crippen LogP contribution in [0.2, 0.25) is 0 Å². The summed E-state index contributed by atoms with van der Waals surface area (Å²) in [4.78, 5) is 12.0. The monoisotopic (exact) mass is 383 g/mol. The van der Waals surface area contributed by atoms with E-state index in [0.717, 1.165) is 25.7 Å². The first-order chi connectivity index (χ1) is 13.1. The number of ether oxygens (including phenoxy) is 1. The van der Waals surface area contributed by atoms with Crippen LogP contribution in [-0.2, 0) is 9.53 Å². The molecule has 0 saturated heterocycles. The lowest BCUT2D eigenvalue weighted by molar-refractivity contribution is -0.159. The van der Waals surface area contributed by atoms with Gasteiger partial charge in [0.25, 0.3) is 0 Å². The molecule has 0 rings (SSSR count). The largest absolute Gasteiger partial charge is 0.458 e. The molecule has 0 atom stereocenters. The molecule has 0 radical (unpaired) electrons. The zero-order valence-corrected chi connectivity index (χ0v) is 18.8. The van der Waals surface area contributed by atoms with Crippen LogP contribution in [-0.4, -0.2) is 18.1 Å². The van der Waals surface area contributed by atoms with Gasteiger partial charge in [0.05, 0.1) is 0 Å². The molecule has 0 amide bonds. The molecular formula is C24H49NO2. The second-order valence-corrected chi connectivity index (χ2v) is 8.27. The van der Waals surface area contributed by atoms with Crippen LogP contribution in [0, 0.1) is 0 Å². The van der Waals surface area contributed by atoms with Gasteiger partial charge in [0.2, 0.25) is 0 Å². The predicted molar refractivity (Wildman–Crippen MR) is 118 cm³/mol. The number of carbonyl (C=O) groups excluding carboxylic acids is 1. The van der Waals surface area contributed by atoms with Gasteiger partial charge in [0.15, 0.2) is 0 Å². The van der Waals surface area contributed by atoms with Crippen molar-refractivity contribution in [3.05, 3.63) is 0 Å². The highest BCUT2D eigenvalue weighted by Crippen LogP contribution is 2.20. The van der Waals surface area contributed by atoms with E-state index >= 15 is 0 Å². The molecule has 0 unspecified atom stereocenters. The van der Waals surface area contributed by atoms with Crippen LogP contribution in [0.4, 0.5) is 0 Å². The van der Waals surface area contributed by atoms with Crippen molar-refractivity contribution in [1.29, 1.82) is 0 Å². The summed E-state index contributed by atoms with van der Waals surface area (Å²) >= 11 is 0. The molecule has 3 nitrogen and oxygen atoms in total. The lowest BCUT2D eigenvalue weighted by Gasteiger charge is -2.30. The Balaban J connectivity index is 3.37. The Morgan fingerprint density at radius 3 is 1.37 bits per heavy atom. The third-order valence-corrected chi connectivity index (χ3v) is 5.98. The fourth-order valence-electron chi connectivity index (χ4n) is 3.66. The third-order valence-electron chi connectivity index (χ3n) is 5.98. The lowest BCUT2D eigenvalue weighted by atomic mass is 9.97. The minimum atomic E-state index is -0.438. The van der Waals surface area contributed by atoms with E-state index in [2.05, 4.69) is 6.92 Å². The van der Waals surface area contributed by atoms with Crippen LogP contribution in [0.1, 0.15) is 136 Å². The number of hydrogen-bond acceptors (Lipinski definition) is 3. The Kier molecular flexibility index (Phi) is 18.4. The Morgan fingerprint density at radius 1 is 0.667 bits per heavy atom. The van der Waals surface area contributed by atoms with Crippen molar-refractivity contribution in [2.75, 3.05) is 6.54 Å². The van der Waals surface area contributed by atoms with Gasteiger partial charge in [-0.3, -0.25) is 4.79 Å². The van der Waals surface area contributed by atoms with Crippen molar-refractivity contribution in [2.45, 2.75) is 142 Å². The zero-order chi connectivity index (χ0) is 20.2. The average Bonchev–Trinajstić information content (AvgIpc) is 2.69. The van der Waals surface area contributed by atoms with Crippen molar-refractivity contribution in [3.63, 3.8) is 0 Å². The summed E-state index contributed by atoms with van der Waals surface area (Å²) in [5.41, 5.74) is 5.35. The molecule has 0 aliphatic rings. The smallest absolute Gasteiger partial charge is 0.306 e. The highest BCUT2D eigenvalue weighted by Gasteiger charge is 2.28. The Hall–Kier alpha value is -0.570. The van der Waals surface area contributed by atoms with E-state index in [0.29, 0.717) is 13.0 Å². The van der Waals surface area contributed by atoms with Gasteiger partial charge in [-0.1, -0.05) is 111 Å². The molecule has 0 aromatic carbocycles. The lowest BCUT2D eigenvalue weighted by Crippen LogP contribution is -2.41. The molecular weight excluding hydrogens is 334 g/mol. The average molecular weight is 384 g/mol. The minimum Gasteiger partial charge on any atom is -0.458 e. The van der Waals surface area contributed by atoms with E-state index in [4.69, 9.17) is 10.5 Å². The fourth-order valence-corrected chi connectivity index (χ4v) is 3.66. The summed E-state index contributed by atoms with van der Waals surface area (Å²) < 4.78 is 5.64. The molecule has 0 aliphatic heterocycles. The summed E-state index contributed by atoms with van der Waals surface area (Å²) in [6.07, 6.45) is 22.2. The van der Waals surface area contributed by atoms with Crippen LogP contribution in [0.15, 0.2) is 0 Å². The molecule has 0 fully saturated rings. The quantitative estimate of drug-likeness (QED) is 0.177. The van der Waals surface area contributed by atoms with Gasteiger partial charge in [-0.2, -0.15) is 0 Å². The number of nitrogens with two attached hydrogens (primary N) is 1. The minimum absolute atomic E-state index is 0.0705. The topological polar surface area (TPSA) is 52.3 Å². The van der Waals surface area contributed by atoms with E-state index < -0.39 is 5.60 Å². The van der Waals surface area contributed by atoms with E-state index in [1.165, 1.54) is 83.5 Å². The van der Waals surface area contributed by atoms with Crippen molar-refractivity contribution in [3.8, 4) is 0 Å². The first-order valence-corrected chi connectivity index (χ1v) is 12.1. The number of carbonyl (C=O) groups is 1. The molecule has 0 bridgehead atoms. The van der Waals surface area contributed by atoms with E-state index in [-0.39, 0.29) is 5.97 Å². The summed E-state index contributed by atoms with van der Waals surface area (Å²) in [5, 5.41) is 0. The van der Waals surface area contributed by atoms with Gasteiger partial charge in [-0.05, 0) is 19.3 Å². The van der Waals surface area contributed by atoms with Gasteiger partial charge in [-0.15, -0.1) is 0 Å². The van der Waals surface area contributed by atoms with Crippen LogP contribution in [0.3, 0.4) is 0 Å². The molecule has 2 N–H and O–H groups in total. The SMILES string of the molecule is CCCCCCCCCCCCCCCCCC(=O)OC(CC)(CC)CN. The van der Waals surface area contributed by atoms with Crippen molar-refractivity contribution in [2.24, 2.45) is 5.73 Å². The van der Waals surface area contributed by atoms with Gasteiger partial charge in [-0.25, -0.2) is 0 Å². The summed E-state index contributed by atoms with van der Waals surface area (Å²) in [6.45, 7) is 6.78. The van der Waals surface area contributed by atoms with Gasteiger partial charge < -0.3 is 10.5 Å². The number of rotatable bonds is 20. The molecule has 3 heteroatoms. The zero-order valence-electron chi connectivity index (χ0n) is 18.8. The normalized spacial score (nSPS) is 11.7. The van der Waals surface area contributed by atoms with Gasteiger partial charge >= 0.3 is 5.97 Å². The van der Waals surface area contributed by atoms with Gasteiger partial charge in [0.1, 0.15) is 5.60 Å². The van der Waals surface area contributed by atoms with Crippen LogP contribution < -0.4 is 5.73 Å². The molecule has 0 aromatic rings. The second-order valence-electron chi connectivity index (χ2n) is 8.27. The molecule has 0 aliphatic carbocycles. The maximum atomic E-state index is 12.0. The Morgan fingerprint density at radius 2 is 1.04 bits per heavy atom. The summed E-state index contributed by atoms with van der Waals surface area (Å²) in [6, 6.07) is 0. The Bertz CT molecular complexity index is 318. The molecule has 0 spiro atoms. The van der Waals surface area contributed by atoms with Crippen molar-refractivity contribution < 1.29 is 9.53 Å². The molecule has 0 aromatic heterocycles. The molecule has 27 heavy (non-hydrogen) atoms. The van der Waals surface area contributed by atoms with Crippen LogP contribution >= 0.6 is 0 Å². The van der Waals surface area contributed by atoms with E-state index in [9.17, 15) is 4.79 Å². The number of hydrogen-bond donors (Lipinski definition) is 1. The molecule has 0 heterocycles. The van der Waals surface area contributed by atoms with Crippen LogP contribution in [0.5, 0.6) is 0 Å². The predicted octanol–water partition coefficient (Wildman–Crippen LogP) is 7.31. The number of esters is 1. The molecule has 0 saturated carbocycles. The molecule has 162 valence electrons. The summed E-state index contributed by atoms with van der Waals surface area (Å²) in [5.74, 6) is -0.0705. The van der Waals surface area contributed by atoms with Crippen molar-refractivity contribution in [1.82, 2.24) is 0 Å².